The van der Waals surface area contributed by atoms with Crippen molar-refractivity contribution in [3.63, 3.8) is 0 Å². The molecule has 0 N–H and O–H groups in total. The average molecular weight is 434 g/mol. The van der Waals surface area contributed by atoms with Crippen LogP contribution in [-0.2, 0) is 19.9 Å². The van der Waals surface area contributed by atoms with E-state index >= 15 is 0 Å². The van der Waals surface area contributed by atoms with Crippen LogP contribution >= 0.6 is 23.2 Å². The van der Waals surface area contributed by atoms with E-state index in [1.54, 1.807) is 36.4 Å². The van der Waals surface area contributed by atoms with Crippen LogP contribution in [0.15, 0.2) is 53.4 Å². The molecule has 2 aromatic carbocycles. The van der Waals surface area contributed by atoms with Gasteiger partial charge in [-0.2, -0.15) is 4.31 Å². The lowest BCUT2D eigenvalue weighted by Gasteiger charge is -2.20. The quantitative estimate of drug-likeness (QED) is 0.741. The van der Waals surface area contributed by atoms with Gasteiger partial charge in [0, 0.05) is 18.1 Å². The third-order valence-corrected chi connectivity index (χ3v) is 9.26. The third-order valence-electron chi connectivity index (χ3n) is 4.41. The SMILES string of the molecule is O=S1(=O)CCN(S(=O)(=O)c2ccccc2Cl)CCC1c1ccccc1Cl. The normalized spacial score (nSPS) is 21.2. The van der Waals surface area contributed by atoms with Gasteiger partial charge in [0.25, 0.3) is 0 Å². The Bertz CT molecular complexity index is 1020. The lowest BCUT2D eigenvalue weighted by Crippen LogP contribution is -2.33. The molecule has 0 aromatic heterocycles. The molecule has 2 aromatic rings. The van der Waals surface area contributed by atoms with Crippen molar-refractivity contribution in [2.45, 2.75) is 16.6 Å². The Kier molecular flexibility index (Phi) is 5.65. The molecule has 0 bridgehead atoms. The van der Waals surface area contributed by atoms with E-state index in [0.29, 0.717) is 10.6 Å². The summed E-state index contributed by atoms with van der Waals surface area (Å²) >= 11 is 12.2. The molecule has 1 unspecified atom stereocenters. The molecule has 9 heteroatoms. The largest absolute Gasteiger partial charge is 0.244 e. The van der Waals surface area contributed by atoms with Gasteiger partial charge in [-0.05, 0) is 30.2 Å². The van der Waals surface area contributed by atoms with Crippen LogP contribution in [0, 0.1) is 0 Å². The molecule has 3 rings (SSSR count). The van der Waals surface area contributed by atoms with E-state index in [4.69, 9.17) is 23.2 Å². The van der Waals surface area contributed by atoms with Crippen molar-refractivity contribution in [2.24, 2.45) is 0 Å². The van der Waals surface area contributed by atoms with Crippen molar-refractivity contribution in [2.75, 3.05) is 18.8 Å². The van der Waals surface area contributed by atoms with Crippen LogP contribution in [-0.4, -0.2) is 40.0 Å². The van der Waals surface area contributed by atoms with Gasteiger partial charge >= 0.3 is 0 Å². The number of benzene rings is 2. The van der Waals surface area contributed by atoms with Crippen LogP contribution in [0.25, 0.3) is 0 Å². The van der Waals surface area contributed by atoms with Crippen molar-refractivity contribution in [3.05, 3.63) is 64.1 Å². The number of sulfonamides is 1. The minimum absolute atomic E-state index is 0.0183. The monoisotopic (exact) mass is 433 g/mol. The maximum atomic E-state index is 12.9. The number of nitrogens with zero attached hydrogens (tertiary/aromatic N) is 1. The molecule has 0 spiro atoms. The Morgan fingerprint density at radius 2 is 1.54 bits per heavy atom. The van der Waals surface area contributed by atoms with Crippen LogP contribution in [0.1, 0.15) is 17.2 Å². The molecule has 1 aliphatic rings. The minimum atomic E-state index is -3.88. The molecule has 140 valence electrons. The first kappa shape index (κ1) is 19.6. The maximum absolute atomic E-state index is 12.9. The summed E-state index contributed by atoms with van der Waals surface area (Å²) in [5, 5.41) is -0.353. The van der Waals surface area contributed by atoms with E-state index in [1.165, 1.54) is 16.4 Å². The average Bonchev–Trinajstić information content (AvgIpc) is 2.74. The van der Waals surface area contributed by atoms with Crippen molar-refractivity contribution in [3.8, 4) is 0 Å². The van der Waals surface area contributed by atoms with Crippen molar-refractivity contribution < 1.29 is 16.8 Å². The number of halogens is 2. The Labute approximate surface area is 163 Å². The second kappa shape index (κ2) is 7.48. The summed E-state index contributed by atoms with van der Waals surface area (Å²) in [6, 6.07) is 12.9. The highest BCUT2D eigenvalue weighted by atomic mass is 35.5. The molecule has 1 atom stereocenters. The first-order valence-corrected chi connectivity index (χ1v) is 11.9. The predicted molar refractivity (Wildman–Crippen MR) is 103 cm³/mol. The molecule has 0 aliphatic carbocycles. The molecule has 0 amide bonds. The molecule has 1 aliphatic heterocycles. The molecule has 0 saturated carbocycles. The van der Waals surface area contributed by atoms with Crippen molar-refractivity contribution in [1.82, 2.24) is 4.31 Å². The molecule has 5 nitrogen and oxygen atoms in total. The fourth-order valence-corrected chi connectivity index (χ4v) is 7.26. The van der Waals surface area contributed by atoms with E-state index in [1.807, 2.05) is 0 Å². The first-order valence-electron chi connectivity index (χ1n) is 7.94. The minimum Gasteiger partial charge on any atom is -0.228 e. The van der Waals surface area contributed by atoms with E-state index in [2.05, 4.69) is 0 Å². The van der Waals surface area contributed by atoms with Gasteiger partial charge in [-0.1, -0.05) is 53.5 Å². The standard InChI is InChI=1S/C17H17Cl2NO4S2/c18-14-6-2-1-5-13(14)16-9-10-20(11-12-25(16,21)22)26(23,24)17-8-4-3-7-15(17)19/h1-8,16H,9-12H2. The first-order chi connectivity index (χ1) is 12.2. The number of sulfone groups is 1. The van der Waals surface area contributed by atoms with Gasteiger partial charge in [-0.15, -0.1) is 0 Å². The second-order valence-electron chi connectivity index (χ2n) is 6.00. The topological polar surface area (TPSA) is 71.5 Å². The van der Waals surface area contributed by atoms with Gasteiger partial charge in [0.2, 0.25) is 10.0 Å². The van der Waals surface area contributed by atoms with Gasteiger partial charge < -0.3 is 0 Å². The summed E-state index contributed by atoms with van der Waals surface area (Å²) in [6.45, 7) is -0.0421. The highest BCUT2D eigenvalue weighted by molar-refractivity contribution is 7.92. The summed E-state index contributed by atoms with van der Waals surface area (Å²) in [5.41, 5.74) is 0.506. The zero-order valence-corrected chi connectivity index (χ0v) is 16.8. The Hall–Kier alpha value is -1.12. The second-order valence-corrected chi connectivity index (χ2v) is 11.0. The van der Waals surface area contributed by atoms with Gasteiger partial charge in [0.15, 0.2) is 9.84 Å². The van der Waals surface area contributed by atoms with Gasteiger partial charge in [-0.25, -0.2) is 16.8 Å². The third kappa shape index (κ3) is 3.77. The van der Waals surface area contributed by atoms with Crippen LogP contribution in [0.2, 0.25) is 10.0 Å². The number of rotatable bonds is 3. The molecule has 1 saturated heterocycles. The summed E-state index contributed by atoms with van der Waals surface area (Å²) in [6.07, 6.45) is 0.135. The summed E-state index contributed by atoms with van der Waals surface area (Å²) in [5.74, 6) is -0.271. The molecule has 0 radical (unpaired) electrons. The molecule has 1 fully saturated rings. The van der Waals surface area contributed by atoms with Gasteiger partial charge in [-0.3, -0.25) is 0 Å². The molecule has 26 heavy (non-hydrogen) atoms. The molecule has 1 heterocycles. The number of hydrogen-bond acceptors (Lipinski definition) is 4. The Morgan fingerprint density at radius 3 is 2.19 bits per heavy atom. The van der Waals surface area contributed by atoms with Crippen molar-refractivity contribution in [1.29, 1.82) is 0 Å². The smallest absolute Gasteiger partial charge is 0.228 e. The van der Waals surface area contributed by atoms with E-state index < -0.39 is 25.1 Å². The van der Waals surface area contributed by atoms with E-state index in [-0.39, 0.29) is 35.2 Å². The van der Waals surface area contributed by atoms with Crippen molar-refractivity contribution >= 4 is 43.1 Å². The zero-order valence-electron chi connectivity index (χ0n) is 13.7. The molecular weight excluding hydrogens is 417 g/mol. The lowest BCUT2D eigenvalue weighted by atomic mass is 10.1. The molecular formula is C17H17Cl2NO4S2. The van der Waals surface area contributed by atoms with Crippen LogP contribution in [0.3, 0.4) is 0 Å². The summed E-state index contributed by atoms with van der Waals surface area (Å²) in [4.78, 5) is -0.0183. The van der Waals surface area contributed by atoms with Gasteiger partial charge in [0.05, 0.1) is 16.0 Å². The Morgan fingerprint density at radius 1 is 0.923 bits per heavy atom. The lowest BCUT2D eigenvalue weighted by molar-refractivity contribution is 0.428. The summed E-state index contributed by atoms with van der Waals surface area (Å²) in [7, 11) is -7.42. The Balaban J connectivity index is 1.95. The predicted octanol–water partition coefficient (Wildman–Crippen LogP) is 3.54. The highest BCUT2D eigenvalue weighted by Gasteiger charge is 2.36. The number of hydrogen-bond donors (Lipinski definition) is 0. The van der Waals surface area contributed by atoms with Gasteiger partial charge in [0.1, 0.15) is 4.90 Å². The van der Waals surface area contributed by atoms with E-state index in [9.17, 15) is 16.8 Å². The highest BCUT2D eigenvalue weighted by Crippen LogP contribution is 2.35. The zero-order chi connectivity index (χ0) is 18.9. The summed E-state index contributed by atoms with van der Waals surface area (Å²) < 4.78 is 52.4. The maximum Gasteiger partial charge on any atom is 0.244 e. The van der Waals surface area contributed by atoms with Crippen LogP contribution in [0.4, 0.5) is 0 Å². The van der Waals surface area contributed by atoms with Crippen LogP contribution < -0.4 is 0 Å². The fraction of sp³-hybridized carbons (Fsp3) is 0.294. The van der Waals surface area contributed by atoms with Crippen LogP contribution in [0.5, 0.6) is 0 Å². The fourth-order valence-electron chi connectivity index (χ4n) is 3.04. The van der Waals surface area contributed by atoms with E-state index in [0.717, 1.165) is 0 Å².